The second kappa shape index (κ2) is 7.14. The van der Waals surface area contributed by atoms with Crippen LogP contribution in [0.4, 0.5) is 0 Å². The van der Waals surface area contributed by atoms with E-state index in [0.717, 1.165) is 10.0 Å². The Kier molecular flexibility index (Phi) is 5.32. The van der Waals surface area contributed by atoms with E-state index in [1.54, 1.807) is 29.4 Å². The summed E-state index contributed by atoms with van der Waals surface area (Å²) in [6.07, 6.45) is 0. The third-order valence-electron chi connectivity index (χ3n) is 4.23. The summed E-state index contributed by atoms with van der Waals surface area (Å²) in [5.41, 5.74) is 1.55. The van der Waals surface area contributed by atoms with Gasteiger partial charge < -0.3 is 5.32 Å². The van der Waals surface area contributed by atoms with E-state index < -0.39 is 10.0 Å². The summed E-state index contributed by atoms with van der Waals surface area (Å²) in [5.74, 6) is 0. The van der Waals surface area contributed by atoms with Gasteiger partial charge in [-0.3, -0.25) is 0 Å². The molecule has 0 spiro atoms. The number of piperazine rings is 1. The van der Waals surface area contributed by atoms with Gasteiger partial charge in [-0.05, 0) is 42.3 Å². The van der Waals surface area contributed by atoms with Gasteiger partial charge in [0, 0.05) is 29.1 Å². The molecule has 0 aliphatic carbocycles. The van der Waals surface area contributed by atoms with Crippen molar-refractivity contribution in [1.82, 2.24) is 9.62 Å². The molecule has 1 aliphatic heterocycles. The van der Waals surface area contributed by atoms with E-state index in [2.05, 4.69) is 21.2 Å². The van der Waals surface area contributed by atoms with Gasteiger partial charge >= 0.3 is 0 Å². The average Bonchev–Trinajstić information content (AvgIpc) is 2.57. The molecule has 1 N–H and O–H groups in total. The van der Waals surface area contributed by atoms with Crippen LogP contribution in [0.3, 0.4) is 0 Å². The first-order valence-electron chi connectivity index (χ1n) is 7.64. The quantitative estimate of drug-likeness (QED) is 0.808. The van der Waals surface area contributed by atoms with E-state index in [0.29, 0.717) is 30.2 Å². The van der Waals surface area contributed by atoms with Gasteiger partial charge in [-0.25, -0.2) is 8.42 Å². The molecule has 2 aromatic rings. The number of benzene rings is 2. The van der Waals surface area contributed by atoms with Gasteiger partial charge in [-0.2, -0.15) is 4.31 Å². The Labute approximate surface area is 156 Å². The molecule has 1 saturated heterocycles. The third kappa shape index (κ3) is 3.39. The maximum absolute atomic E-state index is 13.3. The Morgan fingerprint density at radius 2 is 2.00 bits per heavy atom. The van der Waals surface area contributed by atoms with Crippen molar-refractivity contribution in [3.63, 3.8) is 0 Å². The Morgan fingerprint density at radius 1 is 1.25 bits per heavy atom. The lowest BCUT2D eigenvalue weighted by atomic mass is 10.1. The average molecular weight is 430 g/mol. The molecule has 0 aromatic heterocycles. The highest BCUT2D eigenvalue weighted by Gasteiger charge is 2.35. The predicted octanol–water partition coefficient (Wildman–Crippen LogP) is 3.75. The maximum Gasteiger partial charge on any atom is 0.244 e. The number of hydrogen-bond donors (Lipinski definition) is 1. The normalized spacial score (nSPS) is 19.4. The Balaban J connectivity index is 2.05. The van der Waals surface area contributed by atoms with Crippen molar-refractivity contribution in [2.75, 3.05) is 19.6 Å². The number of nitrogens with one attached hydrogen (secondary N) is 1. The number of hydrogen-bond acceptors (Lipinski definition) is 3. The smallest absolute Gasteiger partial charge is 0.244 e. The lowest BCUT2D eigenvalue weighted by Crippen LogP contribution is -2.48. The first kappa shape index (κ1) is 17.9. The van der Waals surface area contributed by atoms with E-state index >= 15 is 0 Å². The molecule has 0 amide bonds. The van der Waals surface area contributed by atoms with Crippen LogP contribution in [0, 0.1) is 6.92 Å². The lowest BCUT2D eigenvalue weighted by molar-refractivity contribution is 0.271. The van der Waals surface area contributed by atoms with Crippen LogP contribution < -0.4 is 5.32 Å². The fourth-order valence-electron chi connectivity index (χ4n) is 2.96. The second-order valence-electron chi connectivity index (χ2n) is 5.75. The van der Waals surface area contributed by atoms with Gasteiger partial charge in [-0.15, -0.1) is 0 Å². The Morgan fingerprint density at radius 3 is 2.75 bits per heavy atom. The van der Waals surface area contributed by atoms with Crippen molar-refractivity contribution in [3.8, 4) is 0 Å². The molecule has 24 heavy (non-hydrogen) atoms. The summed E-state index contributed by atoms with van der Waals surface area (Å²) in [5, 5.41) is 3.75. The monoisotopic (exact) mass is 428 g/mol. The first-order chi connectivity index (χ1) is 11.4. The Bertz CT molecular complexity index is 857. The second-order valence-corrected chi connectivity index (χ2v) is 8.94. The van der Waals surface area contributed by atoms with Crippen molar-refractivity contribution in [3.05, 3.63) is 63.1 Å². The lowest BCUT2D eigenvalue weighted by Gasteiger charge is -2.36. The molecule has 1 aliphatic rings. The number of rotatable bonds is 3. The zero-order valence-corrected chi connectivity index (χ0v) is 16.3. The van der Waals surface area contributed by atoms with Gasteiger partial charge in [0.25, 0.3) is 0 Å². The summed E-state index contributed by atoms with van der Waals surface area (Å²) >= 11 is 9.59. The van der Waals surface area contributed by atoms with Crippen LogP contribution in [0.15, 0.2) is 51.8 Å². The molecule has 1 unspecified atom stereocenters. The van der Waals surface area contributed by atoms with Gasteiger partial charge in [0.1, 0.15) is 0 Å². The minimum Gasteiger partial charge on any atom is -0.313 e. The van der Waals surface area contributed by atoms with E-state index in [-0.39, 0.29) is 10.9 Å². The molecule has 3 rings (SSSR count). The molecule has 1 fully saturated rings. The number of nitrogens with zero attached hydrogens (tertiary/aromatic N) is 1. The van der Waals surface area contributed by atoms with Gasteiger partial charge in [0.05, 0.1) is 10.9 Å². The molecule has 7 heteroatoms. The maximum atomic E-state index is 13.3. The summed E-state index contributed by atoms with van der Waals surface area (Å²) in [6.45, 7) is 3.37. The van der Waals surface area contributed by atoms with Crippen LogP contribution in [-0.4, -0.2) is 32.4 Å². The standard InChI is InChI=1S/C17H18BrClN2O2S/c1-12-15(19)6-3-7-17(12)24(22,23)21-9-8-20-11-16(21)13-4-2-5-14(18)10-13/h2-7,10,16,20H,8-9,11H2,1H3. The van der Waals surface area contributed by atoms with Crippen molar-refractivity contribution in [2.24, 2.45) is 0 Å². The third-order valence-corrected chi connectivity index (χ3v) is 7.19. The van der Waals surface area contributed by atoms with Crippen LogP contribution in [0.1, 0.15) is 17.2 Å². The zero-order valence-electron chi connectivity index (χ0n) is 13.2. The molecule has 0 saturated carbocycles. The molecule has 0 radical (unpaired) electrons. The highest BCUT2D eigenvalue weighted by atomic mass is 79.9. The van der Waals surface area contributed by atoms with E-state index in [9.17, 15) is 8.42 Å². The van der Waals surface area contributed by atoms with Gasteiger partial charge in [-0.1, -0.05) is 45.7 Å². The summed E-state index contributed by atoms with van der Waals surface area (Å²) in [4.78, 5) is 0.275. The highest BCUT2D eigenvalue weighted by Crippen LogP contribution is 2.32. The van der Waals surface area contributed by atoms with Gasteiger partial charge in [0.15, 0.2) is 0 Å². The molecular formula is C17H18BrClN2O2S. The summed E-state index contributed by atoms with van der Waals surface area (Å²) in [7, 11) is -3.63. The van der Waals surface area contributed by atoms with Crippen molar-refractivity contribution < 1.29 is 8.42 Å². The van der Waals surface area contributed by atoms with Crippen LogP contribution in [0.5, 0.6) is 0 Å². The molecule has 0 bridgehead atoms. The van der Waals surface area contributed by atoms with Crippen LogP contribution in [0.2, 0.25) is 5.02 Å². The van der Waals surface area contributed by atoms with E-state index in [4.69, 9.17) is 11.6 Å². The molecule has 1 heterocycles. The number of halogens is 2. The molecule has 1 atom stereocenters. The minimum atomic E-state index is -3.63. The minimum absolute atomic E-state index is 0.250. The summed E-state index contributed by atoms with van der Waals surface area (Å²) < 4.78 is 29.0. The SMILES string of the molecule is Cc1c(Cl)cccc1S(=O)(=O)N1CCNCC1c1cccc(Br)c1. The first-order valence-corrected chi connectivity index (χ1v) is 10.3. The van der Waals surface area contributed by atoms with Crippen molar-refractivity contribution >= 4 is 37.6 Å². The topological polar surface area (TPSA) is 49.4 Å². The van der Waals surface area contributed by atoms with E-state index in [1.165, 1.54) is 0 Å². The highest BCUT2D eigenvalue weighted by molar-refractivity contribution is 9.10. The molecule has 2 aromatic carbocycles. The molecule has 128 valence electrons. The predicted molar refractivity (Wildman–Crippen MR) is 99.8 cm³/mol. The van der Waals surface area contributed by atoms with Crippen LogP contribution >= 0.6 is 27.5 Å². The number of sulfonamides is 1. The van der Waals surface area contributed by atoms with E-state index in [1.807, 2.05) is 24.3 Å². The largest absolute Gasteiger partial charge is 0.313 e. The van der Waals surface area contributed by atoms with Crippen molar-refractivity contribution in [1.29, 1.82) is 0 Å². The van der Waals surface area contributed by atoms with Crippen LogP contribution in [0.25, 0.3) is 0 Å². The Hall–Kier alpha value is -0.920. The van der Waals surface area contributed by atoms with Crippen LogP contribution in [-0.2, 0) is 10.0 Å². The van der Waals surface area contributed by atoms with Crippen molar-refractivity contribution in [2.45, 2.75) is 17.9 Å². The zero-order chi connectivity index (χ0) is 17.3. The fraction of sp³-hybridized carbons (Fsp3) is 0.294. The molecular weight excluding hydrogens is 412 g/mol. The molecule has 4 nitrogen and oxygen atoms in total. The summed E-state index contributed by atoms with van der Waals surface area (Å²) in [6, 6.07) is 12.5. The van der Waals surface area contributed by atoms with Gasteiger partial charge in [0.2, 0.25) is 10.0 Å². The fourth-order valence-corrected chi connectivity index (χ4v) is 5.48.